The van der Waals surface area contributed by atoms with E-state index in [-0.39, 0.29) is 0 Å². The van der Waals surface area contributed by atoms with E-state index in [2.05, 4.69) is 5.16 Å². The minimum atomic E-state index is 0.351. The van der Waals surface area contributed by atoms with Gasteiger partial charge in [-0.3, -0.25) is 0 Å². The zero-order valence-corrected chi connectivity index (χ0v) is 11.3. The first-order valence-electron chi connectivity index (χ1n) is 5.88. The van der Waals surface area contributed by atoms with Gasteiger partial charge in [-0.25, -0.2) is 0 Å². The molecule has 0 radical (unpaired) electrons. The molecule has 2 aromatic rings. The highest BCUT2D eigenvalue weighted by molar-refractivity contribution is 6.64. The molecular formula is C15H14ClNO2. The second kappa shape index (κ2) is 6.81. The van der Waals surface area contributed by atoms with E-state index >= 15 is 0 Å². The third-order valence-corrected chi connectivity index (χ3v) is 2.42. The van der Waals surface area contributed by atoms with E-state index in [0.717, 1.165) is 11.3 Å². The molecule has 98 valence electrons. The molecule has 0 aliphatic heterocycles. The van der Waals surface area contributed by atoms with E-state index < -0.39 is 0 Å². The van der Waals surface area contributed by atoms with Gasteiger partial charge in [0.15, 0.2) is 5.75 Å². The van der Waals surface area contributed by atoms with Crippen LogP contribution in [-0.2, 0) is 6.61 Å². The van der Waals surface area contributed by atoms with Crippen LogP contribution in [-0.4, -0.2) is 5.17 Å². The van der Waals surface area contributed by atoms with Crippen LogP contribution >= 0.6 is 11.6 Å². The van der Waals surface area contributed by atoms with Crippen LogP contribution in [0.1, 0.15) is 12.5 Å². The number of benzene rings is 2. The van der Waals surface area contributed by atoms with Crippen LogP contribution < -0.4 is 9.57 Å². The minimum Gasteiger partial charge on any atom is -0.489 e. The van der Waals surface area contributed by atoms with Gasteiger partial charge in [0.2, 0.25) is 0 Å². The summed E-state index contributed by atoms with van der Waals surface area (Å²) in [6.45, 7) is 2.19. The Balaban J connectivity index is 1.90. The van der Waals surface area contributed by atoms with Crippen molar-refractivity contribution in [1.29, 1.82) is 0 Å². The first-order chi connectivity index (χ1) is 9.24. The summed E-state index contributed by atoms with van der Waals surface area (Å²) in [5.41, 5.74) is 1.13. The smallest absolute Gasteiger partial charge is 0.158 e. The summed E-state index contributed by atoms with van der Waals surface area (Å²) in [5, 5.41) is 4.01. The fourth-order valence-corrected chi connectivity index (χ4v) is 1.49. The van der Waals surface area contributed by atoms with Crippen LogP contribution in [0.5, 0.6) is 11.5 Å². The Hall–Kier alpha value is -2.00. The minimum absolute atomic E-state index is 0.351. The van der Waals surface area contributed by atoms with Gasteiger partial charge in [0, 0.05) is 0 Å². The normalized spacial score (nSPS) is 11.2. The van der Waals surface area contributed by atoms with Gasteiger partial charge in [0.05, 0.1) is 0 Å². The summed E-state index contributed by atoms with van der Waals surface area (Å²) in [6.07, 6.45) is 0. The van der Waals surface area contributed by atoms with E-state index in [9.17, 15) is 0 Å². The van der Waals surface area contributed by atoms with Gasteiger partial charge in [-0.2, -0.15) is 0 Å². The van der Waals surface area contributed by atoms with Crippen molar-refractivity contribution in [3.05, 3.63) is 60.2 Å². The zero-order chi connectivity index (χ0) is 13.5. The maximum Gasteiger partial charge on any atom is 0.158 e. The maximum absolute atomic E-state index is 5.66. The van der Waals surface area contributed by atoms with Gasteiger partial charge in [0.1, 0.15) is 17.5 Å². The molecular weight excluding hydrogens is 262 g/mol. The predicted octanol–water partition coefficient (Wildman–Crippen LogP) is 4.22. The van der Waals surface area contributed by atoms with Crippen LogP contribution in [0.3, 0.4) is 0 Å². The molecule has 0 atom stereocenters. The number of nitrogens with zero attached hydrogens (tertiary/aromatic N) is 1. The van der Waals surface area contributed by atoms with Crippen molar-refractivity contribution in [2.45, 2.75) is 13.5 Å². The highest BCUT2D eigenvalue weighted by atomic mass is 35.5. The molecule has 2 rings (SSSR count). The molecule has 2 aromatic carbocycles. The molecule has 0 aliphatic carbocycles. The van der Waals surface area contributed by atoms with Crippen molar-refractivity contribution in [1.82, 2.24) is 0 Å². The van der Waals surface area contributed by atoms with Crippen LogP contribution in [0, 0.1) is 0 Å². The second-order valence-electron chi connectivity index (χ2n) is 3.93. The molecule has 3 nitrogen and oxygen atoms in total. The average molecular weight is 276 g/mol. The Morgan fingerprint density at radius 1 is 1.00 bits per heavy atom. The number of hydrogen-bond acceptors (Lipinski definition) is 3. The standard InChI is InChI=1S/C15H14ClNO2/c1-12(16)17-19-15-9-7-14(8-10-15)18-11-13-5-3-2-4-6-13/h2-10H,11H2,1H3/b17-12+. The van der Waals surface area contributed by atoms with Gasteiger partial charge >= 0.3 is 0 Å². The van der Waals surface area contributed by atoms with Crippen molar-refractivity contribution < 1.29 is 9.57 Å². The summed E-state index contributed by atoms with van der Waals surface area (Å²) in [5.74, 6) is 1.40. The van der Waals surface area contributed by atoms with Gasteiger partial charge in [0.25, 0.3) is 0 Å². The molecule has 0 bridgehead atoms. The molecule has 0 aromatic heterocycles. The van der Waals surface area contributed by atoms with E-state index in [4.69, 9.17) is 21.2 Å². The van der Waals surface area contributed by atoms with Crippen molar-refractivity contribution in [3.8, 4) is 11.5 Å². The predicted molar refractivity (Wildman–Crippen MR) is 76.8 cm³/mol. The lowest BCUT2D eigenvalue weighted by atomic mass is 10.2. The number of rotatable bonds is 5. The number of halogens is 1. The average Bonchev–Trinajstić information content (AvgIpc) is 2.45. The first-order valence-corrected chi connectivity index (χ1v) is 6.26. The third kappa shape index (κ3) is 4.64. The SMILES string of the molecule is C/C(Cl)=N\Oc1ccc(OCc2ccccc2)cc1. The Labute approximate surface area is 117 Å². The van der Waals surface area contributed by atoms with E-state index in [0.29, 0.717) is 17.5 Å². The van der Waals surface area contributed by atoms with Gasteiger partial charge in [-0.15, -0.1) is 0 Å². The monoisotopic (exact) mass is 275 g/mol. The van der Waals surface area contributed by atoms with Crippen molar-refractivity contribution in [2.75, 3.05) is 0 Å². The van der Waals surface area contributed by atoms with Crippen molar-refractivity contribution in [2.24, 2.45) is 5.16 Å². The Morgan fingerprint density at radius 3 is 2.26 bits per heavy atom. The molecule has 0 spiro atoms. The molecule has 0 saturated carbocycles. The lowest BCUT2D eigenvalue weighted by Gasteiger charge is -2.06. The lowest BCUT2D eigenvalue weighted by molar-refractivity contribution is 0.304. The second-order valence-corrected chi connectivity index (χ2v) is 4.47. The van der Waals surface area contributed by atoms with E-state index in [1.807, 2.05) is 42.5 Å². The Bertz CT molecular complexity index is 534. The lowest BCUT2D eigenvalue weighted by Crippen LogP contribution is -1.94. The summed E-state index contributed by atoms with van der Waals surface area (Å²) < 4.78 is 5.66. The highest BCUT2D eigenvalue weighted by Gasteiger charge is 1.97. The summed E-state index contributed by atoms with van der Waals surface area (Å²) in [7, 11) is 0. The maximum atomic E-state index is 5.66. The van der Waals surface area contributed by atoms with E-state index in [1.54, 1.807) is 19.1 Å². The first kappa shape index (κ1) is 13.4. The van der Waals surface area contributed by atoms with Crippen molar-refractivity contribution in [3.63, 3.8) is 0 Å². The number of oxime groups is 1. The summed E-state index contributed by atoms with van der Waals surface area (Å²) in [6, 6.07) is 17.2. The quantitative estimate of drug-likeness (QED) is 0.604. The fraction of sp³-hybridized carbons (Fsp3) is 0.133. The van der Waals surface area contributed by atoms with Crippen molar-refractivity contribution >= 4 is 16.8 Å². The summed E-state index contributed by atoms with van der Waals surface area (Å²) >= 11 is 5.58. The Morgan fingerprint density at radius 2 is 1.63 bits per heavy atom. The number of ether oxygens (including phenoxy) is 1. The number of hydrogen-bond donors (Lipinski definition) is 0. The van der Waals surface area contributed by atoms with E-state index in [1.165, 1.54) is 0 Å². The molecule has 4 heteroatoms. The molecule has 0 heterocycles. The van der Waals surface area contributed by atoms with Crippen LogP contribution in [0.2, 0.25) is 0 Å². The van der Waals surface area contributed by atoms with Gasteiger partial charge in [-0.05, 0) is 36.8 Å². The topological polar surface area (TPSA) is 30.8 Å². The molecule has 0 amide bonds. The summed E-state index contributed by atoms with van der Waals surface area (Å²) in [4.78, 5) is 5.09. The molecule has 0 aliphatic rings. The molecule has 19 heavy (non-hydrogen) atoms. The van der Waals surface area contributed by atoms with Gasteiger partial charge in [-0.1, -0.05) is 47.1 Å². The molecule has 0 N–H and O–H groups in total. The molecule has 0 unspecified atom stereocenters. The third-order valence-electron chi connectivity index (χ3n) is 2.35. The molecule has 0 saturated heterocycles. The Kier molecular flexibility index (Phi) is 4.81. The molecule has 0 fully saturated rings. The van der Waals surface area contributed by atoms with Crippen LogP contribution in [0.4, 0.5) is 0 Å². The van der Waals surface area contributed by atoms with Crippen LogP contribution in [0.15, 0.2) is 59.8 Å². The van der Waals surface area contributed by atoms with Crippen LogP contribution in [0.25, 0.3) is 0 Å². The zero-order valence-electron chi connectivity index (χ0n) is 10.5. The fourth-order valence-electron chi connectivity index (χ4n) is 1.45. The van der Waals surface area contributed by atoms with Gasteiger partial charge < -0.3 is 9.57 Å². The largest absolute Gasteiger partial charge is 0.489 e. The highest BCUT2D eigenvalue weighted by Crippen LogP contribution is 2.19.